The zero-order valence-corrected chi connectivity index (χ0v) is 7.89. The smallest absolute Gasteiger partial charge is 0.106 e. The van der Waals surface area contributed by atoms with Gasteiger partial charge in [-0.05, 0) is 17.5 Å². The molecule has 74 valence electrons. The fourth-order valence-electron chi connectivity index (χ4n) is 1.21. The maximum atomic E-state index is 9.98. The second-order valence-corrected chi connectivity index (χ2v) is 3.07. The third-order valence-electron chi connectivity index (χ3n) is 2.00. The van der Waals surface area contributed by atoms with Gasteiger partial charge in [0.05, 0.1) is 6.10 Å². The van der Waals surface area contributed by atoms with Crippen molar-refractivity contribution < 1.29 is 5.11 Å². The zero-order chi connectivity index (χ0) is 10.4. The van der Waals surface area contributed by atoms with Gasteiger partial charge in [-0.25, -0.2) is 0 Å². The molecule has 0 spiro atoms. The monoisotopic (exact) mass is 191 g/mol. The SMILES string of the molecule is C=CCC(O)c1ccc(CN=O)cc1. The molecular weight excluding hydrogens is 178 g/mol. The molecule has 1 atom stereocenters. The molecule has 0 aliphatic carbocycles. The lowest BCUT2D eigenvalue weighted by molar-refractivity contribution is 0.181. The van der Waals surface area contributed by atoms with E-state index in [1.165, 1.54) is 0 Å². The van der Waals surface area contributed by atoms with Gasteiger partial charge in [0, 0.05) is 0 Å². The second kappa shape index (κ2) is 5.29. The summed E-state index contributed by atoms with van der Waals surface area (Å²) >= 11 is 0. The van der Waals surface area contributed by atoms with E-state index in [2.05, 4.69) is 11.8 Å². The molecule has 0 aliphatic rings. The predicted molar refractivity (Wildman–Crippen MR) is 55.7 cm³/mol. The first-order valence-corrected chi connectivity index (χ1v) is 4.45. The minimum atomic E-state index is -0.509. The average Bonchev–Trinajstić information content (AvgIpc) is 2.20. The number of aliphatic hydroxyl groups excluding tert-OH is 1. The molecule has 3 heteroatoms. The molecule has 0 aliphatic heterocycles. The molecule has 3 nitrogen and oxygen atoms in total. The van der Waals surface area contributed by atoms with Crippen LogP contribution in [0, 0.1) is 4.91 Å². The van der Waals surface area contributed by atoms with E-state index in [0.29, 0.717) is 6.42 Å². The summed E-state index contributed by atoms with van der Waals surface area (Å²) in [7, 11) is 0. The van der Waals surface area contributed by atoms with E-state index in [1.807, 2.05) is 0 Å². The first-order valence-electron chi connectivity index (χ1n) is 4.45. The summed E-state index contributed by atoms with van der Waals surface area (Å²) in [5.41, 5.74) is 1.69. The quantitative estimate of drug-likeness (QED) is 0.574. The lowest BCUT2D eigenvalue weighted by atomic mass is 10.0. The summed E-state index contributed by atoms with van der Waals surface area (Å²) < 4.78 is 0. The first kappa shape index (κ1) is 10.6. The van der Waals surface area contributed by atoms with Crippen molar-refractivity contribution in [2.45, 2.75) is 19.1 Å². The second-order valence-electron chi connectivity index (χ2n) is 3.07. The van der Waals surface area contributed by atoms with Gasteiger partial charge >= 0.3 is 0 Å². The molecule has 1 N–H and O–H groups in total. The van der Waals surface area contributed by atoms with Crippen molar-refractivity contribution in [2.24, 2.45) is 5.18 Å². The number of hydrogen-bond acceptors (Lipinski definition) is 3. The molecule has 1 rings (SSSR count). The molecular formula is C11H13NO2. The molecule has 1 unspecified atom stereocenters. The molecule has 0 saturated heterocycles. The highest BCUT2D eigenvalue weighted by atomic mass is 16.3. The molecule has 1 aromatic carbocycles. The Hall–Kier alpha value is -1.48. The van der Waals surface area contributed by atoms with Crippen LogP contribution in [-0.4, -0.2) is 5.11 Å². The Bertz CT molecular complexity index is 306. The first-order chi connectivity index (χ1) is 6.77. The minimum absolute atomic E-state index is 0.178. The van der Waals surface area contributed by atoms with Crippen molar-refractivity contribution in [2.75, 3.05) is 0 Å². The lowest BCUT2D eigenvalue weighted by Crippen LogP contribution is -1.95. The lowest BCUT2D eigenvalue weighted by Gasteiger charge is -2.08. The Kier molecular flexibility index (Phi) is 4.01. The Labute approximate surface area is 83.1 Å². The van der Waals surface area contributed by atoms with Crippen molar-refractivity contribution in [1.82, 2.24) is 0 Å². The van der Waals surface area contributed by atoms with Crippen LogP contribution in [0.4, 0.5) is 0 Å². The molecule has 0 heterocycles. The molecule has 0 saturated carbocycles. The van der Waals surface area contributed by atoms with Gasteiger partial charge in [0.1, 0.15) is 6.54 Å². The van der Waals surface area contributed by atoms with Gasteiger partial charge in [-0.1, -0.05) is 35.5 Å². The maximum absolute atomic E-state index is 9.98. The van der Waals surface area contributed by atoms with Gasteiger partial charge in [-0.15, -0.1) is 6.58 Å². The van der Waals surface area contributed by atoms with Crippen molar-refractivity contribution in [3.05, 3.63) is 53.0 Å². The number of benzene rings is 1. The Morgan fingerprint density at radius 2 is 2.07 bits per heavy atom. The number of aliphatic hydroxyl groups is 1. The highest BCUT2D eigenvalue weighted by Gasteiger charge is 2.04. The highest BCUT2D eigenvalue weighted by Crippen LogP contribution is 2.17. The summed E-state index contributed by atoms with van der Waals surface area (Å²) in [5, 5.41) is 12.4. The largest absolute Gasteiger partial charge is 0.388 e. The number of nitrogens with zero attached hydrogens (tertiary/aromatic N) is 1. The van der Waals surface area contributed by atoms with Crippen LogP contribution < -0.4 is 0 Å². The Morgan fingerprint density at radius 3 is 2.57 bits per heavy atom. The topological polar surface area (TPSA) is 49.7 Å². The Balaban J connectivity index is 2.71. The van der Waals surface area contributed by atoms with Crippen LogP contribution >= 0.6 is 0 Å². The van der Waals surface area contributed by atoms with Gasteiger partial charge in [-0.2, -0.15) is 4.91 Å². The van der Waals surface area contributed by atoms with Gasteiger partial charge in [0.2, 0.25) is 0 Å². The summed E-state index contributed by atoms with van der Waals surface area (Å²) in [5.74, 6) is 0. The van der Waals surface area contributed by atoms with Crippen LogP contribution in [0.2, 0.25) is 0 Å². The van der Waals surface area contributed by atoms with Crippen LogP contribution in [0.25, 0.3) is 0 Å². The normalized spacial score (nSPS) is 12.1. The van der Waals surface area contributed by atoms with Crippen LogP contribution in [0.5, 0.6) is 0 Å². The third kappa shape index (κ3) is 2.78. The molecule has 0 amide bonds. The summed E-state index contributed by atoms with van der Waals surface area (Å²) in [6.45, 7) is 3.74. The third-order valence-corrected chi connectivity index (χ3v) is 2.00. The average molecular weight is 191 g/mol. The van der Waals surface area contributed by atoms with E-state index in [0.717, 1.165) is 11.1 Å². The van der Waals surface area contributed by atoms with Crippen molar-refractivity contribution in [1.29, 1.82) is 0 Å². The van der Waals surface area contributed by atoms with Crippen LogP contribution in [-0.2, 0) is 6.54 Å². The highest BCUT2D eigenvalue weighted by molar-refractivity contribution is 5.24. The van der Waals surface area contributed by atoms with E-state index in [4.69, 9.17) is 0 Å². The predicted octanol–water partition coefficient (Wildman–Crippen LogP) is 2.56. The standard InChI is InChI=1S/C11H13NO2/c1-2-3-11(13)10-6-4-9(5-7-10)8-12-14/h2,4-7,11,13H,1,3,8H2. The van der Waals surface area contributed by atoms with Gasteiger partial charge in [0.25, 0.3) is 0 Å². The summed E-state index contributed by atoms with van der Waals surface area (Å²) in [6, 6.07) is 7.19. The van der Waals surface area contributed by atoms with E-state index in [-0.39, 0.29) is 6.54 Å². The fraction of sp³-hybridized carbons (Fsp3) is 0.273. The Morgan fingerprint density at radius 1 is 1.43 bits per heavy atom. The number of nitroso groups, excluding NO2 is 1. The fourth-order valence-corrected chi connectivity index (χ4v) is 1.21. The van der Waals surface area contributed by atoms with Crippen LogP contribution in [0.15, 0.2) is 42.1 Å². The van der Waals surface area contributed by atoms with Crippen molar-refractivity contribution in [3.8, 4) is 0 Å². The van der Waals surface area contributed by atoms with Crippen molar-refractivity contribution in [3.63, 3.8) is 0 Å². The molecule has 14 heavy (non-hydrogen) atoms. The van der Waals surface area contributed by atoms with Crippen LogP contribution in [0.3, 0.4) is 0 Å². The van der Waals surface area contributed by atoms with Crippen molar-refractivity contribution >= 4 is 0 Å². The summed E-state index contributed by atoms with van der Waals surface area (Å²) in [6.07, 6.45) is 1.70. The number of hydrogen-bond donors (Lipinski definition) is 1. The molecule has 0 bridgehead atoms. The zero-order valence-electron chi connectivity index (χ0n) is 7.89. The maximum Gasteiger partial charge on any atom is 0.106 e. The molecule has 0 radical (unpaired) electrons. The molecule has 1 aromatic rings. The molecule has 0 fully saturated rings. The summed E-state index contributed by atoms with van der Waals surface area (Å²) in [4.78, 5) is 9.98. The van der Waals surface area contributed by atoms with E-state index in [1.54, 1.807) is 30.3 Å². The van der Waals surface area contributed by atoms with E-state index < -0.39 is 6.10 Å². The number of rotatable bonds is 5. The van der Waals surface area contributed by atoms with Gasteiger partial charge in [0.15, 0.2) is 0 Å². The van der Waals surface area contributed by atoms with E-state index in [9.17, 15) is 10.0 Å². The van der Waals surface area contributed by atoms with Crippen LogP contribution in [0.1, 0.15) is 23.7 Å². The van der Waals surface area contributed by atoms with E-state index >= 15 is 0 Å². The minimum Gasteiger partial charge on any atom is -0.388 e. The molecule has 0 aromatic heterocycles. The van der Waals surface area contributed by atoms with Gasteiger partial charge < -0.3 is 5.11 Å². The van der Waals surface area contributed by atoms with Gasteiger partial charge in [-0.3, -0.25) is 0 Å².